The van der Waals surface area contributed by atoms with Gasteiger partial charge < -0.3 is 19.0 Å². The Morgan fingerprint density at radius 1 is 0.973 bits per heavy atom. The molecule has 0 spiro atoms. The van der Waals surface area contributed by atoms with E-state index in [9.17, 15) is 13.2 Å². The summed E-state index contributed by atoms with van der Waals surface area (Å²) >= 11 is 1.43. The summed E-state index contributed by atoms with van der Waals surface area (Å²) in [6, 6.07) is 17.9. The number of hydrogen-bond donors (Lipinski definition) is 0. The SMILES string of the molecule is Cc1ccc(OCC(=O)N2CCN(c3oc(-c4cccs4)nc3S(=O)(=O)c3ccc(C)cc3)CC2)cc1. The zero-order chi connectivity index (χ0) is 26.0. The van der Waals surface area contributed by atoms with Crippen LogP contribution in [0.3, 0.4) is 0 Å². The normalized spacial score (nSPS) is 14.1. The van der Waals surface area contributed by atoms with E-state index >= 15 is 0 Å². The zero-order valence-electron chi connectivity index (χ0n) is 20.6. The molecule has 10 heteroatoms. The maximum absolute atomic E-state index is 13.6. The van der Waals surface area contributed by atoms with E-state index in [0.29, 0.717) is 31.9 Å². The molecule has 1 aliphatic rings. The number of carbonyl (C=O) groups is 1. The number of piperazine rings is 1. The molecular weight excluding hydrogens is 510 g/mol. The fourth-order valence-electron chi connectivity index (χ4n) is 4.04. The van der Waals surface area contributed by atoms with E-state index in [1.165, 1.54) is 11.3 Å². The van der Waals surface area contributed by atoms with Gasteiger partial charge in [-0.3, -0.25) is 4.79 Å². The van der Waals surface area contributed by atoms with Gasteiger partial charge in [0.2, 0.25) is 26.6 Å². The summed E-state index contributed by atoms with van der Waals surface area (Å²) in [5.41, 5.74) is 2.08. The van der Waals surface area contributed by atoms with E-state index in [-0.39, 0.29) is 34.2 Å². The van der Waals surface area contributed by atoms with Gasteiger partial charge in [-0.2, -0.15) is 4.98 Å². The van der Waals surface area contributed by atoms with E-state index in [0.717, 1.165) is 16.0 Å². The number of anilines is 1. The van der Waals surface area contributed by atoms with Crippen LogP contribution in [0.5, 0.6) is 5.75 Å². The average Bonchev–Trinajstić information content (AvgIpc) is 3.59. The number of nitrogens with zero attached hydrogens (tertiary/aromatic N) is 3. The lowest BCUT2D eigenvalue weighted by Crippen LogP contribution is -2.50. The van der Waals surface area contributed by atoms with Gasteiger partial charge in [0.05, 0.1) is 9.77 Å². The molecular formula is C27H27N3O5S2. The predicted molar refractivity (Wildman–Crippen MR) is 142 cm³/mol. The van der Waals surface area contributed by atoms with Crippen LogP contribution in [-0.4, -0.2) is 57.0 Å². The second kappa shape index (κ2) is 10.4. The second-order valence-corrected chi connectivity index (χ2v) is 11.7. The van der Waals surface area contributed by atoms with Crippen molar-refractivity contribution >= 4 is 33.0 Å². The Kier molecular flexibility index (Phi) is 7.03. The van der Waals surface area contributed by atoms with Gasteiger partial charge in [-0.25, -0.2) is 8.42 Å². The van der Waals surface area contributed by atoms with Crippen molar-refractivity contribution in [3.63, 3.8) is 0 Å². The minimum atomic E-state index is -3.92. The van der Waals surface area contributed by atoms with E-state index in [2.05, 4.69) is 4.98 Å². The standard InChI is InChI=1S/C27H27N3O5S2/c1-19-5-9-21(10-6-19)34-18-24(31)29-13-15-30(16-14-29)27-26(28-25(35-27)23-4-3-17-36-23)37(32,33)22-11-7-20(2)8-12-22/h3-12,17H,13-16,18H2,1-2H3. The Labute approximate surface area is 220 Å². The molecule has 0 N–H and O–H groups in total. The Balaban J connectivity index is 1.34. The Hall–Kier alpha value is -3.63. The van der Waals surface area contributed by atoms with Gasteiger partial charge in [0, 0.05) is 26.2 Å². The monoisotopic (exact) mass is 537 g/mol. The third kappa shape index (κ3) is 5.40. The van der Waals surface area contributed by atoms with Crippen molar-refractivity contribution in [1.82, 2.24) is 9.88 Å². The number of amides is 1. The second-order valence-electron chi connectivity index (χ2n) is 8.89. The fourth-order valence-corrected chi connectivity index (χ4v) is 6.01. The number of sulfone groups is 1. The van der Waals surface area contributed by atoms with Crippen LogP contribution in [0.1, 0.15) is 11.1 Å². The number of rotatable bonds is 7. The van der Waals surface area contributed by atoms with Gasteiger partial charge >= 0.3 is 0 Å². The third-order valence-electron chi connectivity index (χ3n) is 6.20. The lowest BCUT2D eigenvalue weighted by Gasteiger charge is -2.34. The highest BCUT2D eigenvalue weighted by Crippen LogP contribution is 2.36. The molecule has 2 aromatic carbocycles. The van der Waals surface area contributed by atoms with Crippen molar-refractivity contribution in [1.29, 1.82) is 0 Å². The lowest BCUT2D eigenvalue weighted by atomic mass is 10.2. The van der Waals surface area contributed by atoms with Gasteiger partial charge in [0.15, 0.2) is 6.61 Å². The molecule has 3 heterocycles. The topological polar surface area (TPSA) is 92.9 Å². The minimum Gasteiger partial charge on any atom is -0.484 e. The summed E-state index contributed by atoms with van der Waals surface area (Å²) in [5, 5.41) is 1.78. The van der Waals surface area contributed by atoms with E-state index in [1.54, 1.807) is 29.2 Å². The van der Waals surface area contributed by atoms with Crippen molar-refractivity contribution in [2.24, 2.45) is 0 Å². The van der Waals surface area contributed by atoms with Crippen LogP contribution in [0.15, 0.2) is 80.4 Å². The number of oxazole rings is 1. The number of aromatic nitrogens is 1. The molecule has 0 atom stereocenters. The quantitative estimate of drug-likeness (QED) is 0.341. The zero-order valence-corrected chi connectivity index (χ0v) is 22.2. The molecule has 0 bridgehead atoms. The van der Waals surface area contributed by atoms with Crippen LogP contribution in [0, 0.1) is 13.8 Å². The molecule has 8 nitrogen and oxygen atoms in total. The first kappa shape index (κ1) is 25.0. The molecule has 1 aliphatic heterocycles. The molecule has 0 aliphatic carbocycles. The number of carbonyl (C=O) groups excluding carboxylic acids is 1. The van der Waals surface area contributed by atoms with Crippen LogP contribution in [0.25, 0.3) is 10.8 Å². The fraction of sp³-hybridized carbons (Fsp3) is 0.259. The van der Waals surface area contributed by atoms with E-state index in [1.807, 2.05) is 60.5 Å². The van der Waals surface area contributed by atoms with Crippen LogP contribution in [-0.2, 0) is 14.6 Å². The van der Waals surface area contributed by atoms with Crippen molar-refractivity contribution in [3.8, 4) is 16.5 Å². The van der Waals surface area contributed by atoms with Crippen LogP contribution >= 0.6 is 11.3 Å². The first-order valence-corrected chi connectivity index (χ1v) is 14.3. The van der Waals surface area contributed by atoms with E-state index < -0.39 is 9.84 Å². The first-order valence-electron chi connectivity index (χ1n) is 11.9. The summed E-state index contributed by atoms with van der Waals surface area (Å²) in [4.78, 5) is 21.6. The molecule has 192 valence electrons. The summed E-state index contributed by atoms with van der Waals surface area (Å²) in [7, 11) is -3.92. The van der Waals surface area contributed by atoms with Gasteiger partial charge in [0.1, 0.15) is 5.75 Å². The van der Waals surface area contributed by atoms with Gasteiger partial charge in [0.25, 0.3) is 5.91 Å². The molecule has 0 saturated carbocycles. The van der Waals surface area contributed by atoms with Crippen LogP contribution in [0.4, 0.5) is 5.88 Å². The molecule has 4 aromatic rings. The highest BCUT2D eigenvalue weighted by molar-refractivity contribution is 7.91. The van der Waals surface area contributed by atoms with Crippen molar-refractivity contribution in [2.75, 3.05) is 37.7 Å². The Bertz CT molecular complexity index is 1470. The molecule has 2 aromatic heterocycles. The number of ether oxygens (including phenoxy) is 1. The largest absolute Gasteiger partial charge is 0.484 e. The molecule has 1 amide bonds. The highest BCUT2D eigenvalue weighted by Gasteiger charge is 2.33. The third-order valence-corrected chi connectivity index (χ3v) is 8.73. The molecule has 37 heavy (non-hydrogen) atoms. The number of benzene rings is 2. The summed E-state index contributed by atoms with van der Waals surface area (Å²) in [6.45, 7) is 5.48. The highest BCUT2D eigenvalue weighted by atomic mass is 32.2. The molecule has 1 fully saturated rings. The molecule has 0 unspecified atom stereocenters. The summed E-state index contributed by atoms with van der Waals surface area (Å²) in [5.74, 6) is 0.989. The molecule has 5 rings (SSSR count). The molecule has 0 radical (unpaired) electrons. The Morgan fingerprint density at radius 2 is 1.62 bits per heavy atom. The first-order chi connectivity index (χ1) is 17.8. The maximum Gasteiger partial charge on any atom is 0.260 e. The number of aryl methyl sites for hydroxylation is 2. The number of thiophene rings is 1. The van der Waals surface area contributed by atoms with Crippen molar-refractivity contribution < 1.29 is 22.4 Å². The minimum absolute atomic E-state index is 0.0546. The van der Waals surface area contributed by atoms with Gasteiger partial charge in [-0.05, 0) is 49.6 Å². The average molecular weight is 538 g/mol. The van der Waals surface area contributed by atoms with E-state index in [4.69, 9.17) is 9.15 Å². The maximum atomic E-state index is 13.6. The van der Waals surface area contributed by atoms with Crippen molar-refractivity contribution in [2.45, 2.75) is 23.8 Å². The molecule has 1 saturated heterocycles. The predicted octanol–water partition coefficient (Wildman–Crippen LogP) is 4.58. The van der Waals surface area contributed by atoms with Crippen LogP contribution in [0.2, 0.25) is 0 Å². The number of hydrogen-bond acceptors (Lipinski definition) is 8. The Morgan fingerprint density at radius 3 is 2.24 bits per heavy atom. The summed E-state index contributed by atoms with van der Waals surface area (Å²) in [6.07, 6.45) is 0. The summed E-state index contributed by atoms with van der Waals surface area (Å²) < 4.78 is 38.9. The van der Waals surface area contributed by atoms with Gasteiger partial charge in [-0.15, -0.1) is 11.3 Å². The van der Waals surface area contributed by atoms with Crippen molar-refractivity contribution in [3.05, 3.63) is 77.2 Å². The smallest absolute Gasteiger partial charge is 0.260 e. The van der Waals surface area contributed by atoms with Crippen LogP contribution < -0.4 is 9.64 Å². The van der Waals surface area contributed by atoms with Gasteiger partial charge in [-0.1, -0.05) is 41.5 Å². The lowest BCUT2D eigenvalue weighted by molar-refractivity contribution is -0.133.